The van der Waals surface area contributed by atoms with Gasteiger partial charge in [-0.2, -0.15) is 0 Å². The highest BCUT2D eigenvalue weighted by atomic mass is 19.1. The molecule has 2 aliphatic heterocycles. The van der Waals surface area contributed by atoms with E-state index < -0.39 is 6.23 Å². The Bertz CT molecular complexity index is 1200. The van der Waals surface area contributed by atoms with Crippen molar-refractivity contribution in [3.63, 3.8) is 0 Å². The van der Waals surface area contributed by atoms with Crippen LogP contribution in [0, 0.1) is 5.82 Å². The second kappa shape index (κ2) is 9.37. The van der Waals surface area contributed by atoms with E-state index >= 15 is 4.39 Å². The van der Waals surface area contributed by atoms with E-state index in [1.807, 2.05) is 17.0 Å². The quantitative estimate of drug-likeness (QED) is 0.399. The van der Waals surface area contributed by atoms with Gasteiger partial charge in [0.1, 0.15) is 29.1 Å². The fourth-order valence-electron chi connectivity index (χ4n) is 5.50. The molecule has 5 N–H and O–H groups in total. The van der Waals surface area contributed by atoms with Crippen LogP contribution in [-0.2, 0) is 0 Å². The van der Waals surface area contributed by atoms with Crippen LogP contribution in [0.1, 0.15) is 73.5 Å². The second-order valence-electron chi connectivity index (χ2n) is 10.2. The first-order valence-corrected chi connectivity index (χ1v) is 12.8. The fraction of sp³-hybridized carbons (Fsp3) is 0.538. The molecule has 1 aliphatic carbocycles. The Morgan fingerprint density at radius 2 is 1.97 bits per heavy atom. The molecule has 4 heterocycles. The van der Waals surface area contributed by atoms with E-state index in [0.29, 0.717) is 53.1 Å². The summed E-state index contributed by atoms with van der Waals surface area (Å²) in [6.45, 7) is 3.19. The lowest BCUT2D eigenvalue weighted by Gasteiger charge is -2.35. The smallest absolute Gasteiger partial charge is 0.157 e. The Balaban J connectivity index is 1.17. The number of hydrogen-bond acceptors (Lipinski definition) is 7. The molecule has 3 aliphatic rings. The second-order valence-corrected chi connectivity index (χ2v) is 10.2. The van der Waals surface area contributed by atoms with Crippen molar-refractivity contribution < 1.29 is 14.2 Å². The van der Waals surface area contributed by atoms with Crippen molar-refractivity contribution in [2.45, 2.75) is 62.7 Å². The van der Waals surface area contributed by atoms with Crippen LogP contribution < -0.4 is 15.8 Å². The predicted octanol–water partition coefficient (Wildman–Crippen LogP) is 3.56. The number of nitrogens with two attached hydrogens (primary N) is 1. The average molecular weight is 481 g/mol. The molecule has 2 atom stereocenters. The van der Waals surface area contributed by atoms with Crippen LogP contribution in [0.25, 0.3) is 11.2 Å². The number of nitrogens with one attached hydrogen (secondary N) is 2. The summed E-state index contributed by atoms with van der Waals surface area (Å²) in [5.74, 6) is 1.67. The molecule has 1 saturated carbocycles. The number of piperidine rings is 2. The zero-order valence-electron chi connectivity index (χ0n) is 19.8. The number of aliphatic hydroxyl groups is 1. The number of aromatic nitrogens is 3. The molecule has 2 aromatic heterocycles. The van der Waals surface area contributed by atoms with Crippen molar-refractivity contribution in [2.75, 3.05) is 31.9 Å². The molecule has 0 spiro atoms. The van der Waals surface area contributed by atoms with Crippen LogP contribution in [0.4, 0.5) is 10.1 Å². The van der Waals surface area contributed by atoms with Crippen molar-refractivity contribution in [1.82, 2.24) is 25.2 Å². The van der Waals surface area contributed by atoms with E-state index in [1.165, 1.54) is 6.20 Å². The van der Waals surface area contributed by atoms with Gasteiger partial charge in [-0.25, -0.2) is 14.4 Å². The molecular formula is C26H33FN6O2. The van der Waals surface area contributed by atoms with Gasteiger partial charge in [0.2, 0.25) is 0 Å². The van der Waals surface area contributed by atoms with Gasteiger partial charge in [0, 0.05) is 48.4 Å². The van der Waals surface area contributed by atoms with Crippen LogP contribution in [0.2, 0.25) is 0 Å². The number of nitrogens with zero attached hydrogens (tertiary/aromatic N) is 3. The third kappa shape index (κ3) is 4.60. The highest BCUT2D eigenvalue weighted by Gasteiger charge is 2.31. The third-order valence-electron chi connectivity index (χ3n) is 7.65. The molecule has 0 bridgehead atoms. The summed E-state index contributed by atoms with van der Waals surface area (Å²) in [5, 5.41) is 14.5. The number of anilines is 1. The Hall–Kier alpha value is -2.75. The fourth-order valence-corrected chi connectivity index (χ4v) is 5.50. The number of fused-ring (bicyclic) bond motifs is 1. The van der Waals surface area contributed by atoms with Gasteiger partial charge in [-0.3, -0.25) is 4.90 Å². The van der Waals surface area contributed by atoms with Gasteiger partial charge >= 0.3 is 0 Å². The molecule has 3 fully saturated rings. The molecule has 1 aromatic carbocycles. The number of likely N-dealkylation sites (tertiary alicyclic amines) is 1. The summed E-state index contributed by atoms with van der Waals surface area (Å²) >= 11 is 0. The lowest BCUT2D eigenvalue weighted by Crippen LogP contribution is -2.36. The zero-order valence-corrected chi connectivity index (χ0v) is 19.8. The Labute approximate surface area is 204 Å². The SMILES string of the molecule is Nc1cc(OC2CC2)ccc1C(O)N1CCC(c2c(F)cnc3[nH]c(C4CCCNC4)nc23)CC1. The third-order valence-corrected chi connectivity index (χ3v) is 7.65. The van der Waals surface area contributed by atoms with E-state index in [9.17, 15) is 5.11 Å². The van der Waals surface area contributed by atoms with Gasteiger partial charge in [-0.05, 0) is 63.1 Å². The Morgan fingerprint density at radius 1 is 1.14 bits per heavy atom. The minimum atomic E-state index is -0.802. The highest BCUT2D eigenvalue weighted by Crippen LogP contribution is 2.38. The average Bonchev–Trinajstić information content (AvgIpc) is 3.59. The van der Waals surface area contributed by atoms with Gasteiger partial charge in [0.15, 0.2) is 5.65 Å². The number of imidazole rings is 1. The molecule has 0 radical (unpaired) electrons. The standard InChI is InChI=1S/C26H33FN6O2/c27-20-14-30-25-23(31-24(32-25)16-2-1-9-29-13-16)22(20)15-7-10-33(11-8-15)26(34)19-6-5-18(12-21(19)28)35-17-3-4-17/h5-6,12,14-17,26,29,34H,1-4,7-11,13,28H2,(H,30,31,32). The molecule has 3 aromatic rings. The van der Waals surface area contributed by atoms with E-state index in [0.717, 1.165) is 63.2 Å². The number of hydrogen-bond donors (Lipinski definition) is 4. The number of benzene rings is 1. The van der Waals surface area contributed by atoms with Crippen LogP contribution in [0.15, 0.2) is 24.4 Å². The normalized spacial score (nSPS) is 23.0. The number of aliphatic hydroxyl groups excluding tert-OH is 1. The van der Waals surface area contributed by atoms with E-state index in [2.05, 4.69) is 15.3 Å². The number of H-pyrrole nitrogens is 1. The first kappa shape index (κ1) is 22.7. The van der Waals surface area contributed by atoms with E-state index in [4.69, 9.17) is 15.5 Å². The zero-order chi connectivity index (χ0) is 23.9. The van der Waals surface area contributed by atoms with Crippen LogP contribution in [0.5, 0.6) is 5.75 Å². The van der Waals surface area contributed by atoms with E-state index in [1.54, 1.807) is 6.07 Å². The number of rotatable bonds is 6. The molecule has 2 unspecified atom stereocenters. The first-order chi connectivity index (χ1) is 17.1. The summed E-state index contributed by atoms with van der Waals surface area (Å²) < 4.78 is 20.8. The van der Waals surface area contributed by atoms with Gasteiger partial charge < -0.3 is 25.9 Å². The Morgan fingerprint density at radius 3 is 2.69 bits per heavy atom. The van der Waals surface area contributed by atoms with Gasteiger partial charge in [0.05, 0.1) is 12.3 Å². The minimum Gasteiger partial charge on any atom is -0.490 e. The number of nitrogen functional groups attached to an aromatic ring is 1. The molecule has 2 saturated heterocycles. The minimum absolute atomic E-state index is 0.0243. The largest absolute Gasteiger partial charge is 0.490 e. The van der Waals surface area contributed by atoms with Gasteiger partial charge in [0.25, 0.3) is 0 Å². The molecule has 186 valence electrons. The number of halogens is 1. The topological polar surface area (TPSA) is 112 Å². The van der Waals surface area contributed by atoms with Crippen LogP contribution in [-0.4, -0.2) is 57.2 Å². The van der Waals surface area contributed by atoms with Crippen molar-refractivity contribution >= 4 is 16.9 Å². The Kier molecular flexibility index (Phi) is 6.07. The van der Waals surface area contributed by atoms with Crippen LogP contribution in [0.3, 0.4) is 0 Å². The van der Waals surface area contributed by atoms with Gasteiger partial charge in [-0.1, -0.05) is 0 Å². The highest BCUT2D eigenvalue weighted by molar-refractivity contribution is 5.76. The van der Waals surface area contributed by atoms with Crippen molar-refractivity contribution in [1.29, 1.82) is 0 Å². The monoisotopic (exact) mass is 480 g/mol. The predicted molar refractivity (Wildman–Crippen MR) is 132 cm³/mol. The maximum Gasteiger partial charge on any atom is 0.157 e. The first-order valence-electron chi connectivity index (χ1n) is 12.8. The molecule has 9 heteroatoms. The maximum absolute atomic E-state index is 15.0. The summed E-state index contributed by atoms with van der Waals surface area (Å²) in [7, 11) is 0. The van der Waals surface area contributed by atoms with Gasteiger partial charge in [-0.15, -0.1) is 0 Å². The summed E-state index contributed by atoms with van der Waals surface area (Å²) in [6, 6.07) is 5.52. The number of ether oxygens (including phenoxy) is 1. The molecule has 35 heavy (non-hydrogen) atoms. The van der Waals surface area contributed by atoms with Crippen molar-refractivity contribution in [3.05, 3.63) is 47.2 Å². The summed E-state index contributed by atoms with van der Waals surface area (Å²) in [4.78, 5) is 14.5. The lowest BCUT2D eigenvalue weighted by atomic mass is 9.88. The van der Waals surface area contributed by atoms with Crippen molar-refractivity contribution in [2.24, 2.45) is 0 Å². The summed E-state index contributed by atoms with van der Waals surface area (Å²) in [5.41, 5.74) is 9.42. The van der Waals surface area contributed by atoms with E-state index in [-0.39, 0.29) is 11.7 Å². The maximum atomic E-state index is 15.0. The molecule has 6 rings (SSSR count). The number of pyridine rings is 1. The van der Waals surface area contributed by atoms with Crippen LogP contribution >= 0.6 is 0 Å². The number of aromatic amines is 1. The lowest BCUT2D eigenvalue weighted by molar-refractivity contribution is -0.0127. The van der Waals surface area contributed by atoms with Crippen molar-refractivity contribution in [3.8, 4) is 5.75 Å². The molecule has 0 amide bonds. The summed E-state index contributed by atoms with van der Waals surface area (Å²) in [6.07, 6.45) is 6.61. The molecule has 8 nitrogen and oxygen atoms in total. The molecular weight excluding hydrogens is 447 g/mol.